The summed E-state index contributed by atoms with van der Waals surface area (Å²) in [7, 11) is 0. The quantitative estimate of drug-likeness (QED) is 0.540. The van der Waals surface area contributed by atoms with Crippen molar-refractivity contribution in [3.8, 4) is 0 Å². The molecule has 4 aromatic rings. The fraction of sp³-hybridized carbons (Fsp3) is 0.0556. The van der Waals surface area contributed by atoms with Gasteiger partial charge in [0, 0.05) is 27.7 Å². The van der Waals surface area contributed by atoms with Crippen LogP contribution in [0.2, 0.25) is 0 Å². The van der Waals surface area contributed by atoms with E-state index in [-0.39, 0.29) is 18.3 Å². The number of carbonyl (C=O) groups is 1. The van der Waals surface area contributed by atoms with Crippen molar-refractivity contribution in [2.45, 2.75) is 6.61 Å². The van der Waals surface area contributed by atoms with Gasteiger partial charge in [-0.1, -0.05) is 18.2 Å². The van der Waals surface area contributed by atoms with Gasteiger partial charge in [-0.15, -0.1) is 0 Å². The Morgan fingerprint density at radius 3 is 2.78 bits per heavy atom. The second kappa shape index (κ2) is 5.30. The van der Waals surface area contributed by atoms with E-state index in [2.05, 4.69) is 10.3 Å². The van der Waals surface area contributed by atoms with Crippen LogP contribution in [-0.2, 0) is 6.61 Å². The summed E-state index contributed by atoms with van der Waals surface area (Å²) >= 11 is 0. The van der Waals surface area contributed by atoms with Crippen molar-refractivity contribution in [2.24, 2.45) is 0 Å². The predicted octanol–water partition coefficient (Wildman–Crippen LogP) is 3.66. The standard InChI is InChI=1S/C18H14N2O3/c21-10-14-8-12-7-13(5-6-15(12)19-14)20-18(22)17-9-11-3-1-2-4-16(11)23-17/h1-9,19,21H,10H2,(H,20,22). The summed E-state index contributed by atoms with van der Waals surface area (Å²) in [6.07, 6.45) is 0. The largest absolute Gasteiger partial charge is 0.451 e. The fourth-order valence-corrected chi connectivity index (χ4v) is 2.64. The lowest BCUT2D eigenvalue weighted by Crippen LogP contribution is -2.10. The second-order valence-corrected chi connectivity index (χ2v) is 5.36. The number of furan rings is 1. The zero-order valence-electron chi connectivity index (χ0n) is 12.2. The molecule has 2 heterocycles. The van der Waals surface area contributed by atoms with Gasteiger partial charge in [0.1, 0.15) is 5.58 Å². The van der Waals surface area contributed by atoms with Gasteiger partial charge in [-0.3, -0.25) is 4.79 Å². The molecular weight excluding hydrogens is 292 g/mol. The van der Waals surface area contributed by atoms with Crippen molar-refractivity contribution < 1.29 is 14.3 Å². The number of aliphatic hydroxyl groups is 1. The summed E-state index contributed by atoms with van der Waals surface area (Å²) in [4.78, 5) is 15.4. The van der Waals surface area contributed by atoms with Crippen LogP contribution in [0.5, 0.6) is 0 Å². The second-order valence-electron chi connectivity index (χ2n) is 5.36. The number of nitrogens with one attached hydrogen (secondary N) is 2. The highest BCUT2D eigenvalue weighted by Gasteiger charge is 2.12. The highest BCUT2D eigenvalue weighted by molar-refractivity contribution is 6.05. The highest BCUT2D eigenvalue weighted by Crippen LogP contribution is 2.22. The summed E-state index contributed by atoms with van der Waals surface area (Å²) in [5.74, 6) is -0.0186. The van der Waals surface area contributed by atoms with E-state index in [0.717, 1.165) is 22.0 Å². The van der Waals surface area contributed by atoms with Crippen molar-refractivity contribution in [1.82, 2.24) is 4.98 Å². The van der Waals surface area contributed by atoms with Crippen LogP contribution >= 0.6 is 0 Å². The van der Waals surface area contributed by atoms with Gasteiger partial charge >= 0.3 is 0 Å². The molecule has 0 fully saturated rings. The molecule has 0 unspecified atom stereocenters. The number of H-pyrrole nitrogens is 1. The maximum absolute atomic E-state index is 12.3. The van der Waals surface area contributed by atoms with Crippen LogP contribution in [0.3, 0.4) is 0 Å². The average Bonchev–Trinajstić information content (AvgIpc) is 3.17. The first-order chi connectivity index (χ1) is 11.2. The Balaban J connectivity index is 1.62. The molecule has 0 saturated carbocycles. The van der Waals surface area contributed by atoms with Crippen LogP contribution in [0.4, 0.5) is 5.69 Å². The van der Waals surface area contributed by atoms with Gasteiger partial charge in [-0.25, -0.2) is 0 Å². The Hall–Kier alpha value is -3.05. The van der Waals surface area contributed by atoms with Crippen LogP contribution in [0.15, 0.2) is 59.0 Å². The van der Waals surface area contributed by atoms with Crippen LogP contribution in [0, 0.1) is 0 Å². The molecule has 5 heteroatoms. The summed E-state index contributed by atoms with van der Waals surface area (Å²) < 4.78 is 5.56. The lowest BCUT2D eigenvalue weighted by Gasteiger charge is -2.03. The topological polar surface area (TPSA) is 78.3 Å². The first kappa shape index (κ1) is 13.6. The minimum absolute atomic E-state index is 0.0463. The molecule has 0 aliphatic carbocycles. The lowest BCUT2D eigenvalue weighted by atomic mass is 10.2. The Morgan fingerprint density at radius 2 is 1.96 bits per heavy atom. The lowest BCUT2D eigenvalue weighted by molar-refractivity contribution is 0.0998. The highest BCUT2D eigenvalue weighted by atomic mass is 16.3. The molecule has 0 radical (unpaired) electrons. The van der Waals surface area contributed by atoms with Crippen molar-refractivity contribution >= 4 is 33.5 Å². The molecule has 0 spiro atoms. The van der Waals surface area contributed by atoms with E-state index in [4.69, 9.17) is 9.52 Å². The SMILES string of the molecule is O=C(Nc1ccc2[nH]c(CO)cc2c1)c1cc2ccccc2o1. The van der Waals surface area contributed by atoms with E-state index >= 15 is 0 Å². The van der Waals surface area contributed by atoms with E-state index in [9.17, 15) is 4.79 Å². The number of benzene rings is 2. The van der Waals surface area contributed by atoms with Crippen molar-refractivity contribution in [1.29, 1.82) is 0 Å². The van der Waals surface area contributed by atoms with E-state index in [1.54, 1.807) is 12.1 Å². The Bertz CT molecular complexity index is 980. The third-order valence-electron chi connectivity index (χ3n) is 3.75. The number of aromatic amines is 1. The van der Waals surface area contributed by atoms with Gasteiger partial charge in [-0.05, 0) is 36.4 Å². The molecule has 3 N–H and O–H groups in total. The zero-order valence-corrected chi connectivity index (χ0v) is 12.2. The molecule has 0 aliphatic heterocycles. The molecule has 2 aromatic carbocycles. The van der Waals surface area contributed by atoms with Gasteiger partial charge in [0.05, 0.1) is 6.61 Å². The van der Waals surface area contributed by atoms with Crippen LogP contribution in [-0.4, -0.2) is 16.0 Å². The van der Waals surface area contributed by atoms with Crippen molar-refractivity contribution in [2.75, 3.05) is 5.32 Å². The number of para-hydroxylation sites is 1. The van der Waals surface area contributed by atoms with E-state index < -0.39 is 0 Å². The number of aliphatic hydroxyl groups excluding tert-OH is 1. The maximum Gasteiger partial charge on any atom is 0.291 e. The Labute approximate surface area is 131 Å². The van der Waals surface area contributed by atoms with Gasteiger partial charge in [0.25, 0.3) is 5.91 Å². The van der Waals surface area contributed by atoms with Crippen molar-refractivity contribution in [3.63, 3.8) is 0 Å². The van der Waals surface area contributed by atoms with Crippen LogP contribution in [0.1, 0.15) is 16.2 Å². The Morgan fingerprint density at radius 1 is 1.09 bits per heavy atom. The van der Waals surface area contributed by atoms with Gasteiger partial charge in [0.2, 0.25) is 0 Å². The first-order valence-electron chi connectivity index (χ1n) is 7.25. The zero-order chi connectivity index (χ0) is 15.8. The summed E-state index contributed by atoms with van der Waals surface area (Å²) in [6, 6.07) is 16.6. The minimum atomic E-state index is -0.293. The van der Waals surface area contributed by atoms with E-state index in [1.807, 2.05) is 42.5 Å². The maximum atomic E-state index is 12.3. The third-order valence-corrected chi connectivity index (χ3v) is 3.75. The number of hydrogen-bond donors (Lipinski definition) is 3. The molecule has 0 atom stereocenters. The molecular formula is C18H14N2O3. The molecule has 114 valence electrons. The summed E-state index contributed by atoms with van der Waals surface area (Å²) in [6.45, 7) is -0.0463. The number of amides is 1. The summed E-state index contributed by atoms with van der Waals surface area (Å²) in [5.41, 5.74) is 3.01. The van der Waals surface area contributed by atoms with Gasteiger partial charge in [-0.2, -0.15) is 0 Å². The molecule has 23 heavy (non-hydrogen) atoms. The number of hydrogen-bond acceptors (Lipinski definition) is 3. The molecule has 0 bridgehead atoms. The molecule has 1 amide bonds. The van der Waals surface area contributed by atoms with E-state index in [0.29, 0.717) is 11.3 Å². The van der Waals surface area contributed by atoms with Crippen molar-refractivity contribution in [3.05, 3.63) is 66.1 Å². The number of fused-ring (bicyclic) bond motifs is 2. The molecule has 5 nitrogen and oxygen atoms in total. The van der Waals surface area contributed by atoms with Gasteiger partial charge < -0.3 is 19.8 Å². The Kier molecular flexibility index (Phi) is 3.13. The molecule has 2 aromatic heterocycles. The molecule has 0 saturated heterocycles. The minimum Gasteiger partial charge on any atom is -0.451 e. The number of rotatable bonds is 3. The number of anilines is 1. The van der Waals surface area contributed by atoms with Crippen LogP contribution in [0.25, 0.3) is 21.9 Å². The smallest absolute Gasteiger partial charge is 0.291 e. The first-order valence-corrected chi connectivity index (χ1v) is 7.25. The summed E-state index contributed by atoms with van der Waals surface area (Å²) in [5, 5.41) is 13.8. The monoisotopic (exact) mass is 306 g/mol. The average molecular weight is 306 g/mol. The van der Waals surface area contributed by atoms with E-state index in [1.165, 1.54) is 0 Å². The van der Waals surface area contributed by atoms with Crippen LogP contribution < -0.4 is 5.32 Å². The number of carbonyl (C=O) groups excluding carboxylic acids is 1. The normalized spacial score (nSPS) is 11.2. The number of aromatic nitrogens is 1. The third kappa shape index (κ3) is 2.47. The van der Waals surface area contributed by atoms with Gasteiger partial charge in [0.15, 0.2) is 5.76 Å². The molecule has 0 aliphatic rings. The predicted molar refractivity (Wildman–Crippen MR) is 88.4 cm³/mol. The fourth-order valence-electron chi connectivity index (χ4n) is 2.64. The molecule has 4 rings (SSSR count).